The molecule has 2 amide bonds. The second kappa shape index (κ2) is 7.24. The molecule has 0 aromatic carbocycles. The number of nitrogens with one attached hydrogen (secondary N) is 1. The molecule has 0 unspecified atom stereocenters. The van der Waals surface area contributed by atoms with Crippen molar-refractivity contribution in [3.63, 3.8) is 0 Å². The summed E-state index contributed by atoms with van der Waals surface area (Å²) in [4.78, 5) is 32.2. The second-order valence-electron chi connectivity index (χ2n) is 5.92. The maximum atomic E-state index is 12.6. The number of amides is 2. The molecule has 0 spiro atoms. The van der Waals surface area contributed by atoms with Crippen molar-refractivity contribution in [3.05, 3.63) is 24.4 Å². The molecule has 22 heavy (non-hydrogen) atoms. The molecule has 1 aromatic rings. The molecule has 1 atom stereocenters. The summed E-state index contributed by atoms with van der Waals surface area (Å²) in [6.07, 6.45) is 1.78. The van der Waals surface area contributed by atoms with Crippen LogP contribution in [0.4, 0.5) is 5.82 Å². The van der Waals surface area contributed by atoms with E-state index in [1.54, 1.807) is 6.20 Å². The molecule has 1 aromatic heterocycles. The van der Waals surface area contributed by atoms with Gasteiger partial charge in [-0.25, -0.2) is 4.98 Å². The van der Waals surface area contributed by atoms with E-state index in [0.717, 1.165) is 18.9 Å². The van der Waals surface area contributed by atoms with E-state index in [1.807, 2.05) is 36.9 Å². The minimum Gasteiger partial charge on any atom is -0.353 e. The molecule has 1 aliphatic heterocycles. The fraction of sp³-hybridized carbons (Fsp3) is 0.562. The Morgan fingerprint density at radius 1 is 1.18 bits per heavy atom. The lowest BCUT2D eigenvalue weighted by atomic mass is 10.0. The van der Waals surface area contributed by atoms with Crippen molar-refractivity contribution in [1.82, 2.24) is 15.2 Å². The monoisotopic (exact) mass is 304 g/mol. The predicted molar refractivity (Wildman–Crippen MR) is 85.5 cm³/mol. The van der Waals surface area contributed by atoms with Crippen LogP contribution in [-0.2, 0) is 9.59 Å². The minimum atomic E-state index is -0.445. The van der Waals surface area contributed by atoms with Crippen molar-refractivity contribution >= 4 is 17.6 Å². The van der Waals surface area contributed by atoms with Crippen LogP contribution in [0.5, 0.6) is 0 Å². The van der Waals surface area contributed by atoms with Crippen molar-refractivity contribution in [3.8, 4) is 0 Å². The van der Waals surface area contributed by atoms with Gasteiger partial charge in [0.1, 0.15) is 11.9 Å². The Hall–Kier alpha value is -2.11. The van der Waals surface area contributed by atoms with Gasteiger partial charge in [-0.2, -0.15) is 0 Å². The van der Waals surface area contributed by atoms with E-state index >= 15 is 0 Å². The summed E-state index contributed by atoms with van der Waals surface area (Å²) >= 11 is 0. The molecule has 1 N–H and O–H groups in total. The molecule has 0 bridgehead atoms. The van der Waals surface area contributed by atoms with Crippen LogP contribution < -0.4 is 10.2 Å². The summed E-state index contributed by atoms with van der Waals surface area (Å²) in [5.74, 6) is 0.854. The largest absolute Gasteiger partial charge is 0.353 e. The Morgan fingerprint density at radius 3 is 2.36 bits per heavy atom. The molecule has 2 heterocycles. The van der Waals surface area contributed by atoms with E-state index in [9.17, 15) is 9.59 Å². The molecule has 1 aliphatic rings. The van der Waals surface area contributed by atoms with Crippen LogP contribution in [-0.4, -0.2) is 53.9 Å². The van der Waals surface area contributed by atoms with Crippen LogP contribution in [0.2, 0.25) is 0 Å². The molecule has 0 radical (unpaired) electrons. The summed E-state index contributed by atoms with van der Waals surface area (Å²) in [5, 5.41) is 2.76. The zero-order chi connectivity index (χ0) is 16.1. The first-order valence-electron chi connectivity index (χ1n) is 7.71. The zero-order valence-electron chi connectivity index (χ0n) is 13.5. The van der Waals surface area contributed by atoms with Gasteiger partial charge in [0.25, 0.3) is 0 Å². The number of hydrogen-bond donors (Lipinski definition) is 1. The molecule has 6 heteroatoms. The van der Waals surface area contributed by atoms with Gasteiger partial charge >= 0.3 is 0 Å². The normalized spacial score (nSPS) is 16.5. The first-order valence-corrected chi connectivity index (χ1v) is 7.71. The van der Waals surface area contributed by atoms with Gasteiger partial charge in [-0.3, -0.25) is 9.59 Å². The van der Waals surface area contributed by atoms with E-state index in [-0.39, 0.29) is 17.7 Å². The lowest BCUT2D eigenvalue weighted by molar-refractivity contribution is -0.137. The number of carbonyl (C=O) groups excluding carboxylic acids is 2. The smallest absolute Gasteiger partial charge is 0.245 e. The zero-order valence-corrected chi connectivity index (χ0v) is 13.5. The van der Waals surface area contributed by atoms with Gasteiger partial charge < -0.3 is 15.1 Å². The standard InChI is InChI=1S/C16H24N4O2/c1-12(2)15(18-13(3)21)16(22)20-10-8-19(9-11-20)14-6-4-5-7-17-14/h4-7,12,15H,8-11H2,1-3H3,(H,18,21)/t15-/m0/s1. The fourth-order valence-corrected chi connectivity index (χ4v) is 2.63. The molecule has 1 fully saturated rings. The number of carbonyl (C=O) groups is 2. The van der Waals surface area contributed by atoms with Crippen LogP contribution in [0.15, 0.2) is 24.4 Å². The Labute approximate surface area is 131 Å². The lowest BCUT2D eigenvalue weighted by Crippen LogP contribution is -2.56. The molecular formula is C16H24N4O2. The van der Waals surface area contributed by atoms with Crippen LogP contribution in [0.3, 0.4) is 0 Å². The van der Waals surface area contributed by atoms with Crippen LogP contribution >= 0.6 is 0 Å². The van der Waals surface area contributed by atoms with Gasteiger partial charge in [-0.05, 0) is 18.1 Å². The summed E-state index contributed by atoms with van der Waals surface area (Å²) in [5.41, 5.74) is 0. The van der Waals surface area contributed by atoms with Crippen LogP contribution in [0, 0.1) is 5.92 Å². The van der Waals surface area contributed by atoms with Crippen molar-refractivity contribution in [2.24, 2.45) is 5.92 Å². The third-order valence-corrected chi connectivity index (χ3v) is 3.86. The molecule has 0 aliphatic carbocycles. The average molecular weight is 304 g/mol. The van der Waals surface area contributed by atoms with Gasteiger partial charge in [-0.15, -0.1) is 0 Å². The van der Waals surface area contributed by atoms with E-state index < -0.39 is 6.04 Å². The van der Waals surface area contributed by atoms with Crippen LogP contribution in [0.1, 0.15) is 20.8 Å². The molecular weight excluding hydrogens is 280 g/mol. The molecule has 6 nitrogen and oxygen atoms in total. The second-order valence-corrected chi connectivity index (χ2v) is 5.92. The number of nitrogens with zero attached hydrogens (tertiary/aromatic N) is 3. The maximum Gasteiger partial charge on any atom is 0.245 e. The number of aromatic nitrogens is 1. The van der Waals surface area contributed by atoms with Gasteiger partial charge in [-0.1, -0.05) is 19.9 Å². The Balaban J connectivity index is 1.95. The van der Waals surface area contributed by atoms with Crippen LogP contribution in [0.25, 0.3) is 0 Å². The number of hydrogen-bond acceptors (Lipinski definition) is 4. The highest BCUT2D eigenvalue weighted by Gasteiger charge is 2.30. The summed E-state index contributed by atoms with van der Waals surface area (Å²) in [6.45, 7) is 8.16. The topological polar surface area (TPSA) is 65.5 Å². The van der Waals surface area contributed by atoms with E-state index in [1.165, 1.54) is 6.92 Å². The molecule has 1 saturated heterocycles. The van der Waals surface area contributed by atoms with Gasteiger partial charge in [0.15, 0.2) is 0 Å². The van der Waals surface area contributed by atoms with Gasteiger partial charge in [0.2, 0.25) is 11.8 Å². The number of rotatable bonds is 4. The highest BCUT2D eigenvalue weighted by atomic mass is 16.2. The lowest BCUT2D eigenvalue weighted by Gasteiger charge is -2.37. The molecule has 2 rings (SSSR count). The Kier molecular flexibility index (Phi) is 5.35. The Bertz CT molecular complexity index is 510. The van der Waals surface area contributed by atoms with Crippen molar-refractivity contribution < 1.29 is 9.59 Å². The summed E-state index contributed by atoms with van der Waals surface area (Å²) in [6, 6.07) is 5.39. The third-order valence-electron chi connectivity index (χ3n) is 3.86. The number of piperazine rings is 1. The maximum absolute atomic E-state index is 12.6. The quantitative estimate of drug-likeness (QED) is 0.897. The third kappa shape index (κ3) is 3.96. The highest BCUT2D eigenvalue weighted by Crippen LogP contribution is 2.14. The minimum absolute atomic E-state index is 0.00544. The van der Waals surface area contributed by atoms with Crippen molar-refractivity contribution in [1.29, 1.82) is 0 Å². The first-order chi connectivity index (χ1) is 10.5. The highest BCUT2D eigenvalue weighted by molar-refractivity contribution is 5.87. The van der Waals surface area contributed by atoms with E-state index in [0.29, 0.717) is 13.1 Å². The Morgan fingerprint density at radius 2 is 1.86 bits per heavy atom. The average Bonchev–Trinajstić information content (AvgIpc) is 2.52. The predicted octanol–water partition coefficient (Wildman–Crippen LogP) is 0.891. The fourth-order valence-electron chi connectivity index (χ4n) is 2.63. The van der Waals surface area contributed by atoms with E-state index in [4.69, 9.17) is 0 Å². The molecule has 0 saturated carbocycles. The number of pyridine rings is 1. The van der Waals surface area contributed by atoms with E-state index in [2.05, 4.69) is 15.2 Å². The number of anilines is 1. The van der Waals surface area contributed by atoms with Crippen molar-refractivity contribution in [2.75, 3.05) is 31.1 Å². The van der Waals surface area contributed by atoms with Crippen molar-refractivity contribution in [2.45, 2.75) is 26.8 Å². The summed E-state index contributed by atoms with van der Waals surface area (Å²) < 4.78 is 0. The van der Waals surface area contributed by atoms with Gasteiger partial charge in [0, 0.05) is 39.3 Å². The van der Waals surface area contributed by atoms with Gasteiger partial charge in [0.05, 0.1) is 0 Å². The first kappa shape index (κ1) is 16.3. The molecule has 120 valence electrons. The SMILES string of the molecule is CC(=O)N[C@H](C(=O)N1CCN(c2ccccn2)CC1)C(C)C. The summed E-state index contributed by atoms with van der Waals surface area (Å²) in [7, 11) is 0.